The molecule has 2 N–H and O–H groups in total. The summed E-state index contributed by atoms with van der Waals surface area (Å²) in [4.78, 5) is 0.162. The summed E-state index contributed by atoms with van der Waals surface area (Å²) in [6.45, 7) is 3.96. The first-order chi connectivity index (χ1) is 8.38. The Bertz CT molecular complexity index is 670. The van der Waals surface area contributed by atoms with Crippen LogP contribution in [0.4, 0.5) is 0 Å². The van der Waals surface area contributed by atoms with Crippen molar-refractivity contribution in [2.24, 2.45) is 5.14 Å². The zero-order chi connectivity index (χ0) is 13.3. The predicted molar refractivity (Wildman–Crippen MR) is 72.7 cm³/mol. The van der Waals surface area contributed by atoms with Crippen molar-refractivity contribution in [1.82, 2.24) is 0 Å². The minimum Gasteiger partial charge on any atom is -0.225 e. The molecule has 0 amide bonds. The average Bonchev–Trinajstić information content (AvgIpc) is 2.26. The second-order valence-electron chi connectivity index (χ2n) is 4.42. The number of benzene rings is 2. The first-order valence-corrected chi connectivity index (χ1v) is 7.13. The molecule has 2 aromatic rings. The Morgan fingerprint density at radius 1 is 0.944 bits per heavy atom. The maximum Gasteiger partial charge on any atom is 0.238 e. The van der Waals surface area contributed by atoms with Gasteiger partial charge in [0.05, 0.1) is 4.90 Å². The van der Waals surface area contributed by atoms with Crippen molar-refractivity contribution in [3.8, 4) is 11.1 Å². The molecule has 18 heavy (non-hydrogen) atoms. The van der Waals surface area contributed by atoms with Crippen molar-refractivity contribution in [3.05, 3.63) is 53.6 Å². The monoisotopic (exact) mass is 261 g/mol. The number of hydrogen-bond acceptors (Lipinski definition) is 2. The van der Waals surface area contributed by atoms with E-state index in [-0.39, 0.29) is 4.90 Å². The van der Waals surface area contributed by atoms with Crippen molar-refractivity contribution in [1.29, 1.82) is 0 Å². The molecule has 0 heterocycles. The van der Waals surface area contributed by atoms with Crippen molar-refractivity contribution >= 4 is 10.0 Å². The first kappa shape index (κ1) is 12.8. The number of rotatable bonds is 2. The van der Waals surface area contributed by atoms with Gasteiger partial charge in [-0.1, -0.05) is 47.5 Å². The van der Waals surface area contributed by atoms with E-state index in [9.17, 15) is 8.42 Å². The highest BCUT2D eigenvalue weighted by Crippen LogP contribution is 2.27. The van der Waals surface area contributed by atoms with E-state index in [0.29, 0.717) is 5.56 Å². The molecule has 0 aromatic heterocycles. The van der Waals surface area contributed by atoms with Crippen molar-refractivity contribution in [2.75, 3.05) is 0 Å². The van der Waals surface area contributed by atoms with Crippen LogP contribution in [0.25, 0.3) is 11.1 Å². The Morgan fingerprint density at radius 2 is 1.50 bits per heavy atom. The summed E-state index contributed by atoms with van der Waals surface area (Å²) in [6, 6.07) is 12.7. The van der Waals surface area contributed by atoms with E-state index in [1.165, 1.54) is 6.07 Å². The second-order valence-corrected chi connectivity index (χ2v) is 5.95. The molecule has 0 bridgehead atoms. The van der Waals surface area contributed by atoms with Gasteiger partial charge < -0.3 is 0 Å². The zero-order valence-corrected chi connectivity index (χ0v) is 11.2. The first-order valence-electron chi connectivity index (χ1n) is 5.58. The maximum atomic E-state index is 11.6. The van der Waals surface area contributed by atoms with E-state index < -0.39 is 10.0 Å². The largest absolute Gasteiger partial charge is 0.238 e. The SMILES string of the molecule is Cc1cc(C)cc(-c2ccccc2S(N)(=O)=O)c1. The molecule has 2 rings (SSSR count). The van der Waals surface area contributed by atoms with Crippen LogP contribution in [-0.4, -0.2) is 8.42 Å². The molecule has 0 radical (unpaired) electrons. The van der Waals surface area contributed by atoms with E-state index in [2.05, 4.69) is 0 Å². The van der Waals surface area contributed by atoms with Gasteiger partial charge in [0, 0.05) is 5.56 Å². The van der Waals surface area contributed by atoms with Gasteiger partial charge >= 0.3 is 0 Å². The summed E-state index contributed by atoms with van der Waals surface area (Å²) in [5, 5.41) is 5.24. The molecule has 0 saturated heterocycles. The fraction of sp³-hybridized carbons (Fsp3) is 0.143. The average molecular weight is 261 g/mol. The Labute approximate surface area is 107 Å². The van der Waals surface area contributed by atoms with Gasteiger partial charge in [0.25, 0.3) is 0 Å². The summed E-state index contributed by atoms with van der Waals surface area (Å²) >= 11 is 0. The van der Waals surface area contributed by atoms with Gasteiger partial charge in [0.1, 0.15) is 0 Å². The number of sulfonamides is 1. The van der Waals surface area contributed by atoms with Gasteiger partial charge in [0.15, 0.2) is 0 Å². The molecule has 4 heteroatoms. The van der Waals surface area contributed by atoms with Crippen LogP contribution in [-0.2, 0) is 10.0 Å². The third-order valence-electron chi connectivity index (χ3n) is 2.73. The minimum absolute atomic E-state index is 0.162. The van der Waals surface area contributed by atoms with Crippen LogP contribution >= 0.6 is 0 Å². The highest BCUT2D eigenvalue weighted by molar-refractivity contribution is 7.89. The summed E-state index contributed by atoms with van der Waals surface area (Å²) in [7, 11) is -3.71. The van der Waals surface area contributed by atoms with Crippen LogP contribution in [0.5, 0.6) is 0 Å². The van der Waals surface area contributed by atoms with Gasteiger partial charge in [-0.3, -0.25) is 0 Å². The molecule has 0 aliphatic heterocycles. The Hall–Kier alpha value is -1.65. The van der Waals surface area contributed by atoms with Gasteiger partial charge in [0.2, 0.25) is 10.0 Å². The topological polar surface area (TPSA) is 60.2 Å². The Morgan fingerprint density at radius 3 is 2.06 bits per heavy atom. The second kappa shape index (κ2) is 4.55. The molecule has 0 atom stereocenters. The fourth-order valence-electron chi connectivity index (χ4n) is 2.08. The van der Waals surface area contributed by atoms with E-state index in [1.807, 2.05) is 38.1 Å². The lowest BCUT2D eigenvalue weighted by Crippen LogP contribution is -2.13. The molecule has 0 saturated carbocycles. The Kier molecular flexibility index (Phi) is 3.24. The predicted octanol–water partition coefficient (Wildman–Crippen LogP) is 2.62. The molecule has 94 valence electrons. The van der Waals surface area contributed by atoms with Gasteiger partial charge in [-0.05, 0) is 25.5 Å². The van der Waals surface area contributed by atoms with Crippen molar-refractivity contribution < 1.29 is 8.42 Å². The quantitative estimate of drug-likeness (QED) is 0.903. The number of hydrogen-bond donors (Lipinski definition) is 1. The standard InChI is InChI=1S/C14H15NO2S/c1-10-7-11(2)9-12(8-10)13-5-3-4-6-14(13)18(15,16)17/h3-9H,1-2H3,(H2,15,16,17). The normalized spacial score (nSPS) is 11.5. The van der Waals surface area contributed by atoms with Gasteiger partial charge in [-0.25, -0.2) is 13.6 Å². The van der Waals surface area contributed by atoms with Crippen LogP contribution in [0.15, 0.2) is 47.4 Å². The molecular weight excluding hydrogens is 246 g/mol. The van der Waals surface area contributed by atoms with Crippen LogP contribution in [0, 0.1) is 13.8 Å². The molecule has 0 spiro atoms. The molecule has 2 aromatic carbocycles. The smallest absolute Gasteiger partial charge is 0.225 e. The van der Waals surface area contributed by atoms with E-state index >= 15 is 0 Å². The van der Waals surface area contributed by atoms with E-state index in [1.54, 1.807) is 12.1 Å². The lowest BCUT2D eigenvalue weighted by atomic mass is 10.0. The summed E-state index contributed by atoms with van der Waals surface area (Å²) in [5.74, 6) is 0. The molecule has 0 unspecified atom stereocenters. The molecule has 0 fully saturated rings. The summed E-state index contributed by atoms with van der Waals surface area (Å²) in [6.07, 6.45) is 0. The molecule has 0 aliphatic carbocycles. The fourth-order valence-corrected chi connectivity index (χ4v) is 2.84. The number of nitrogens with two attached hydrogens (primary N) is 1. The van der Waals surface area contributed by atoms with Gasteiger partial charge in [-0.2, -0.15) is 0 Å². The molecule has 0 aliphatic rings. The lowest BCUT2D eigenvalue weighted by Gasteiger charge is -2.09. The third-order valence-corrected chi connectivity index (χ3v) is 3.70. The van der Waals surface area contributed by atoms with Gasteiger partial charge in [-0.15, -0.1) is 0 Å². The highest BCUT2D eigenvalue weighted by Gasteiger charge is 2.14. The zero-order valence-electron chi connectivity index (χ0n) is 10.3. The molecule has 3 nitrogen and oxygen atoms in total. The van der Waals surface area contributed by atoms with Crippen molar-refractivity contribution in [3.63, 3.8) is 0 Å². The minimum atomic E-state index is -3.71. The summed E-state index contributed by atoms with van der Waals surface area (Å²) in [5.41, 5.74) is 3.70. The van der Waals surface area contributed by atoms with Crippen LogP contribution in [0.3, 0.4) is 0 Å². The molecular formula is C14H15NO2S. The summed E-state index contributed by atoms with van der Waals surface area (Å²) < 4.78 is 23.1. The van der Waals surface area contributed by atoms with Crippen LogP contribution in [0.1, 0.15) is 11.1 Å². The number of aryl methyl sites for hydroxylation is 2. The van der Waals surface area contributed by atoms with Crippen LogP contribution in [0.2, 0.25) is 0 Å². The Balaban J connectivity index is 2.72. The lowest BCUT2D eigenvalue weighted by molar-refractivity contribution is 0.598. The van der Waals surface area contributed by atoms with Crippen molar-refractivity contribution in [2.45, 2.75) is 18.7 Å². The van der Waals surface area contributed by atoms with E-state index in [0.717, 1.165) is 16.7 Å². The van der Waals surface area contributed by atoms with E-state index in [4.69, 9.17) is 5.14 Å². The maximum absolute atomic E-state index is 11.6. The number of primary sulfonamides is 1. The van der Waals surface area contributed by atoms with Crippen LogP contribution < -0.4 is 5.14 Å². The third kappa shape index (κ3) is 2.60. The highest BCUT2D eigenvalue weighted by atomic mass is 32.2.